The first kappa shape index (κ1) is 18.0. The van der Waals surface area contributed by atoms with E-state index in [0.29, 0.717) is 18.8 Å². The molecule has 4 heteroatoms. The smallest absolute Gasteiger partial charge is 0.323 e. The number of carboxylic acids is 1. The Morgan fingerprint density at radius 1 is 1.14 bits per heavy atom. The lowest BCUT2D eigenvalue weighted by atomic mass is 9.62. The SMILES string of the molecule is CCC(C)(C)C1CCC(C(=O)O)(C(=O)OC(C)(C)C)CC1. The molecule has 0 saturated heterocycles. The topological polar surface area (TPSA) is 63.6 Å². The highest BCUT2D eigenvalue weighted by Crippen LogP contribution is 2.47. The van der Waals surface area contributed by atoms with E-state index >= 15 is 0 Å². The fourth-order valence-corrected chi connectivity index (χ4v) is 3.06. The van der Waals surface area contributed by atoms with E-state index in [1.165, 1.54) is 0 Å². The molecule has 0 aliphatic heterocycles. The van der Waals surface area contributed by atoms with Gasteiger partial charge in [-0.2, -0.15) is 0 Å². The van der Waals surface area contributed by atoms with Crippen LogP contribution in [0, 0.1) is 16.7 Å². The number of aliphatic carboxylic acids is 1. The van der Waals surface area contributed by atoms with Crippen LogP contribution in [0.5, 0.6) is 0 Å². The number of ether oxygens (including phenoxy) is 1. The highest BCUT2D eigenvalue weighted by atomic mass is 16.6. The number of esters is 1. The minimum atomic E-state index is -1.35. The van der Waals surface area contributed by atoms with Crippen LogP contribution in [0.1, 0.15) is 73.6 Å². The summed E-state index contributed by atoms with van der Waals surface area (Å²) in [7, 11) is 0. The van der Waals surface area contributed by atoms with Gasteiger partial charge in [-0.05, 0) is 57.8 Å². The number of rotatable bonds is 4. The molecule has 1 aliphatic carbocycles. The van der Waals surface area contributed by atoms with Crippen molar-refractivity contribution in [1.29, 1.82) is 0 Å². The molecule has 0 unspecified atom stereocenters. The number of carbonyl (C=O) groups is 2. The van der Waals surface area contributed by atoms with Crippen molar-refractivity contribution in [2.45, 2.75) is 79.2 Å². The Morgan fingerprint density at radius 2 is 1.62 bits per heavy atom. The van der Waals surface area contributed by atoms with E-state index in [-0.39, 0.29) is 5.41 Å². The van der Waals surface area contributed by atoms with Gasteiger partial charge in [0, 0.05) is 0 Å². The van der Waals surface area contributed by atoms with Gasteiger partial charge in [-0.3, -0.25) is 9.59 Å². The summed E-state index contributed by atoms with van der Waals surface area (Å²) in [5.74, 6) is -1.14. The lowest BCUT2D eigenvalue weighted by Gasteiger charge is -2.42. The normalized spacial score (nSPS) is 27.2. The van der Waals surface area contributed by atoms with Crippen molar-refractivity contribution in [3.63, 3.8) is 0 Å². The fraction of sp³-hybridized carbons (Fsp3) is 0.882. The Balaban J connectivity index is 2.88. The first-order valence-corrected chi connectivity index (χ1v) is 7.91. The van der Waals surface area contributed by atoms with E-state index in [2.05, 4.69) is 20.8 Å². The van der Waals surface area contributed by atoms with Crippen molar-refractivity contribution in [2.75, 3.05) is 0 Å². The van der Waals surface area contributed by atoms with Crippen LogP contribution >= 0.6 is 0 Å². The second kappa shape index (κ2) is 5.98. The third-order valence-electron chi connectivity index (χ3n) is 5.05. The molecule has 0 aromatic carbocycles. The highest BCUT2D eigenvalue weighted by molar-refractivity contribution is 5.99. The van der Waals surface area contributed by atoms with Crippen LogP contribution in [0.15, 0.2) is 0 Å². The van der Waals surface area contributed by atoms with Crippen LogP contribution in [0.3, 0.4) is 0 Å². The van der Waals surface area contributed by atoms with Gasteiger partial charge >= 0.3 is 11.9 Å². The largest absolute Gasteiger partial charge is 0.480 e. The minimum absolute atomic E-state index is 0.193. The molecule has 122 valence electrons. The predicted molar refractivity (Wildman–Crippen MR) is 81.9 cm³/mol. The van der Waals surface area contributed by atoms with Gasteiger partial charge in [-0.15, -0.1) is 0 Å². The zero-order chi connectivity index (χ0) is 16.5. The van der Waals surface area contributed by atoms with E-state index in [1.54, 1.807) is 20.8 Å². The van der Waals surface area contributed by atoms with Crippen molar-refractivity contribution >= 4 is 11.9 Å². The summed E-state index contributed by atoms with van der Waals surface area (Å²) in [6, 6.07) is 0. The summed E-state index contributed by atoms with van der Waals surface area (Å²) in [6.07, 6.45) is 3.36. The van der Waals surface area contributed by atoms with Crippen molar-refractivity contribution < 1.29 is 19.4 Å². The molecule has 0 amide bonds. The molecule has 0 aromatic heterocycles. The maximum atomic E-state index is 12.4. The first-order chi connectivity index (χ1) is 9.44. The van der Waals surface area contributed by atoms with Crippen LogP contribution < -0.4 is 0 Å². The number of hydrogen-bond acceptors (Lipinski definition) is 3. The Bertz CT molecular complexity index is 396. The summed E-state index contributed by atoms with van der Waals surface area (Å²) in [5, 5.41) is 9.60. The summed E-state index contributed by atoms with van der Waals surface area (Å²) < 4.78 is 5.37. The van der Waals surface area contributed by atoms with Gasteiger partial charge in [0.25, 0.3) is 0 Å². The maximum absolute atomic E-state index is 12.4. The van der Waals surface area contributed by atoms with Crippen LogP contribution in [-0.2, 0) is 14.3 Å². The molecule has 4 nitrogen and oxygen atoms in total. The second-order valence-corrected chi connectivity index (χ2v) is 8.01. The lowest BCUT2D eigenvalue weighted by Crippen LogP contribution is -2.47. The average molecular weight is 298 g/mol. The fourth-order valence-electron chi connectivity index (χ4n) is 3.06. The van der Waals surface area contributed by atoms with Crippen LogP contribution in [-0.4, -0.2) is 22.6 Å². The Labute approximate surface area is 128 Å². The van der Waals surface area contributed by atoms with E-state index in [9.17, 15) is 14.7 Å². The van der Waals surface area contributed by atoms with Crippen LogP contribution in [0.4, 0.5) is 0 Å². The summed E-state index contributed by atoms with van der Waals surface area (Å²) >= 11 is 0. The third kappa shape index (κ3) is 3.98. The standard InChI is InChI=1S/C17H30O4/c1-7-16(5,6)12-8-10-17(11-9-12,13(18)19)14(20)21-15(2,3)4/h12H,7-11H2,1-6H3,(H,18,19). The van der Waals surface area contributed by atoms with E-state index in [0.717, 1.165) is 19.3 Å². The molecule has 21 heavy (non-hydrogen) atoms. The van der Waals surface area contributed by atoms with Gasteiger partial charge in [0.15, 0.2) is 5.41 Å². The van der Waals surface area contributed by atoms with Crippen LogP contribution in [0.2, 0.25) is 0 Å². The van der Waals surface area contributed by atoms with E-state index < -0.39 is 23.0 Å². The van der Waals surface area contributed by atoms with E-state index in [4.69, 9.17) is 4.74 Å². The molecule has 0 aromatic rings. The molecule has 1 fully saturated rings. The Hall–Kier alpha value is -1.06. The zero-order valence-electron chi connectivity index (χ0n) is 14.3. The van der Waals surface area contributed by atoms with Gasteiger partial charge < -0.3 is 9.84 Å². The number of carboxylic acid groups (broad SMARTS) is 1. The minimum Gasteiger partial charge on any atom is -0.480 e. The van der Waals surface area contributed by atoms with Gasteiger partial charge in [0.05, 0.1) is 0 Å². The molecule has 1 N–H and O–H groups in total. The average Bonchev–Trinajstić information content (AvgIpc) is 2.36. The molecule has 0 heterocycles. The lowest BCUT2D eigenvalue weighted by molar-refractivity contribution is -0.180. The molecular formula is C17H30O4. The van der Waals surface area contributed by atoms with Crippen molar-refractivity contribution in [3.05, 3.63) is 0 Å². The van der Waals surface area contributed by atoms with Crippen molar-refractivity contribution in [1.82, 2.24) is 0 Å². The Kier molecular flexibility index (Phi) is 5.12. The molecule has 0 atom stereocenters. The number of carbonyl (C=O) groups excluding carboxylic acids is 1. The summed E-state index contributed by atoms with van der Waals surface area (Å²) in [5.41, 5.74) is -1.81. The molecule has 1 rings (SSSR count). The monoisotopic (exact) mass is 298 g/mol. The van der Waals surface area contributed by atoms with Gasteiger partial charge in [0.1, 0.15) is 5.60 Å². The Morgan fingerprint density at radius 3 is 1.95 bits per heavy atom. The molecule has 0 spiro atoms. The van der Waals surface area contributed by atoms with Crippen LogP contribution in [0.25, 0.3) is 0 Å². The van der Waals surface area contributed by atoms with E-state index in [1.807, 2.05) is 0 Å². The third-order valence-corrected chi connectivity index (χ3v) is 5.05. The maximum Gasteiger partial charge on any atom is 0.323 e. The summed E-state index contributed by atoms with van der Waals surface area (Å²) in [6.45, 7) is 11.9. The zero-order valence-corrected chi connectivity index (χ0v) is 14.3. The number of hydrogen-bond donors (Lipinski definition) is 1. The molecule has 0 bridgehead atoms. The van der Waals surface area contributed by atoms with Crippen molar-refractivity contribution in [3.8, 4) is 0 Å². The van der Waals surface area contributed by atoms with Crippen molar-refractivity contribution in [2.24, 2.45) is 16.7 Å². The first-order valence-electron chi connectivity index (χ1n) is 7.91. The molecular weight excluding hydrogens is 268 g/mol. The predicted octanol–water partition coefficient (Wildman–Crippen LogP) is 4.03. The van der Waals surface area contributed by atoms with Gasteiger partial charge in [-0.25, -0.2) is 0 Å². The summed E-state index contributed by atoms with van der Waals surface area (Å²) in [4.78, 5) is 24.1. The van der Waals surface area contributed by atoms with Gasteiger partial charge in [0.2, 0.25) is 0 Å². The molecule has 0 radical (unpaired) electrons. The van der Waals surface area contributed by atoms with Gasteiger partial charge in [-0.1, -0.05) is 27.2 Å². The molecule has 1 aliphatic rings. The quantitative estimate of drug-likeness (QED) is 0.629. The highest BCUT2D eigenvalue weighted by Gasteiger charge is 2.52. The second-order valence-electron chi connectivity index (χ2n) is 8.01. The molecule has 1 saturated carbocycles.